The Morgan fingerprint density at radius 2 is 1.57 bits per heavy atom. The fraction of sp³-hybridized carbons (Fsp3) is 0.0909. The fourth-order valence-corrected chi connectivity index (χ4v) is 3.18. The first-order valence-corrected chi connectivity index (χ1v) is 8.13. The zero-order chi connectivity index (χ0) is 15.8. The molecule has 8 nitrogen and oxygen atoms in total. The minimum Gasteiger partial charge on any atom is -1.00 e. The third kappa shape index (κ3) is 6.16. The molecule has 0 unspecified atom stereocenters. The third-order valence-electron chi connectivity index (χ3n) is 2.51. The van der Waals surface area contributed by atoms with Crippen LogP contribution in [0.15, 0.2) is 30.3 Å². The van der Waals surface area contributed by atoms with Crippen molar-refractivity contribution in [2.75, 3.05) is 0 Å². The quantitative estimate of drug-likeness (QED) is 0.400. The van der Waals surface area contributed by atoms with Crippen molar-refractivity contribution >= 4 is 31.6 Å². The van der Waals surface area contributed by atoms with Gasteiger partial charge in [0.25, 0.3) is 0 Å². The molecule has 0 fully saturated rings. The van der Waals surface area contributed by atoms with E-state index >= 15 is 0 Å². The van der Waals surface area contributed by atoms with E-state index in [1.54, 1.807) is 12.1 Å². The summed E-state index contributed by atoms with van der Waals surface area (Å²) in [5.41, 5.74) is 0.230. The normalized spacial score (nSPS) is 11.4. The first-order chi connectivity index (χ1) is 9.59. The van der Waals surface area contributed by atoms with Crippen LogP contribution in [0.3, 0.4) is 0 Å². The Labute approximate surface area is 180 Å². The monoisotopic (exact) mass is 382 g/mol. The summed E-state index contributed by atoms with van der Waals surface area (Å²) in [7, 11) is -10.3. The molecule has 0 spiro atoms. The predicted octanol–water partition coefficient (Wildman–Crippen LogP) is -4.47. The van der Waals surface area contributed by atoms with Crippen LogP contribution in [-0.4, -0.2) is 26.5 Å². The molecule has 2 aromatic carbocycles. The Morgan fingerprint density at radius 3 is 2.09 bits per heavy atom. The van der Waals surface area contributed by atoms with E-state index in [0.29, 0.717) is 5.39 Å². The van der Waals surface area contributed by atoms with Gasteiger partial charge in [-0.1, -0.05) is 27.9 Å². The second-order valence-corrected chi connectivity index (χ2v) is 6.46. The number of phenolic OH excluding ortho intramolecular Hbond substituents is 1. The summed E-state index contributed by atoms with van der Waals surface area (Å²) in [5.74, 6) is -0.310. The van der Waals surface area contributed by atoms with Crippen molar-refractivity contribution in [3.63, 3.8) is 0 Å². The maximum absolute atomic E-state index is 11.5. The molecule has 2 aromatic rings. The van der Waals surface area contributed by atoms with Gasteiger partial charge in [0.05, 0.1) is 0 Å². The minimum atomic E-state index is -5.24. The van der Waals surface area contributed by atoms with Gasteiger partial charge in [-0.2, -0.15) is 16.8 Å². The van der Waals surface area contributed by atoms with Crippen LogP contribution < -0.4 is 63.3 Å². The second kappa shape index (κ2) is 8.48. The molecule has 23 heavy (non-hydrogen) atoms. The maximum Gasteiger partial charge on any atom is 1.00 e. The van der Waals surface area contributed by atoms with Crippen LogP contribution in [0.25, 0.3) is 10.8 Å². The summed E-state index contributed by atoms with van der Waals surface area (Å²) in [5, 5.41) is 10.3. The molecule has 0 aliphatic carbocycles. The summed E-state index contributed by atoms with van der Waals surface area (Å²) in [6.45, 7) is 1.45. The third-order valence-corrected chi connectivity index (χ3v) is 4.24. The number of hydrogen-bond acceptors (Lipinski definition) is 7. The van der Waals surface area contributed by atoms with Gasteiger partial charge < -0.3 is 12.1 Å². The van der Waals surface area contributed by atoms with E-state index in [1.165, 1.54) is 25.1 Å². The van der Waals surface area contributed by atoms with Crippen LogP contribution in [0, 0.1) is 6.92 Å². The van der Waals surface area contributed by atoms with Gasteiger partial charge in [-0.15, -0.1) is 0 Å². The smallest absolute Gasteiger partial charge is 1.00 e. The van der Waals surface area contributed by atoms with Crippen molar-refractivity contribution in [3.05, 3.63) is 35.9 Å². The van der Waals surface area contributed by atoms with Gasteiger partial charge in [-0.3, -0.25) is 4.55 Å². The summed E-state index contributed by atoms with van der Waals surface area (Å²) in [6.07, 6.45) is 0. The molecule has 0 atom stereocenters. The molecule has 12 heteroatoms. The molecule has 0 aliphatic rings. The van der Waals surface area contributed by atoms with Gasteiger partial charge in [-0.25, -0.2) is 0 Å². The topological polar surface area (TPSA) is 127 Å². The number of hydrogen-bond donors (Lipinski definition) is 2. The molecule has 2 rings (SSSR count). The zero-order valence-corrected chi connectivity index (χ0v) is 18.2. The van der Waals surface area contributed by atoms with Gasteiger partial charge >= 0.3 is 79.9 Å². The number of phenols is 1. The van der Waals surface area contributed by atoms with E-state index in [4.69, 9.17) is 4.55 Å². The maximum atomic E-state index is 11.5. The number of aromatic hydroxyl groups is 1. The van der Waals surface area contributed by atoms with Gasteiger partial charge in [0.15, 0.2) is 5.75 Å². The van der Waals surface area contributed by atoms with Crippen molar-refractivity contribution in [1.29, 1.82) is 0 Å². The molecular weight excluding hydrogens is 370 g/mol. The standard InChI is InChI=1S/C11H10O8S2.2Na.2H/c1-7-6-10(12)8-4-2-3-5-9(8)11(7)18-21(16,17)19-20(13,14)15;;;;/h2-6,12H,1H3,(H,13,14,15);;;;/q;2*+1;2*-1. The largest absolute Gasteiger partial charge is 1.00 e. The summed E-state index contributed by atoms with van der Waals surface area (Å²) in [4.78, 5) is 0. The predicted molar refractivity (Wildman–Crippen MR) is 74.8 cm³/mol. The molecular formula is C11H12Na2O8S2. The fourth-order valence-electron chi connectivity index (χ4n) is 1.80. The first-order valence-electron chi connectivity index (χ1n) is 5.43. The van der Waals surface area contributed by atoms with Crippen molar-refractivity contribution in [2.24, 2.45) is 0 Å². The average Bonchev–Trinajstić information content (AvgIpc) is 2.31. The van der Waals surface area contributed by atoms with Crippen LogP contribution in [0.2, 0.25) is 0 Å². The molecule has 0 saturated heterocycles. The number of benzene rings is 2. The molecule has 0 aliphatic heterocycles. The zero-order valence-electron chi connectivity index (χ0n) is 14.5. The van der Waals surface area contributed by atoms with Crippen LogP contribution in [0.5, 0.6) is 11.5 Å². The summed E-state index contributed by atoms with van der Waals surface area (Å²) in [6, 6.07) is 7.43. The van der Waals surface area contributed by atoms with Crippen molar-refractivity contribution in [2.45, 2.75) is 6.92 Å². The summed E-state index contributed by atoms with van der Waals surface area (Å²) >= 11 is 0. The first kappa shape index (κ1) is 23.1. The average molecular weight is 382 g/mol. The van der Waals surface area contributed by atoms with Crippen molar-refractivity contribution in [1.82, 2.24) is 0 Å². The molecule has 0 aromatic heterocycles. The SMILES string of the molecule is Cc1cc(O)c2ccccc2c1OS(=O)(=O)OS(=O)(=O)O.[H-].[H-].[Na+].[Na+]. The van der Waals surface area contributed by atoms with Crippen molar-refractivity contribution in [3.8, 4) is 11.5 Å². The Kier molecular flexibility index (Phi) is 8.52. The molecule has 0 radical (unpaired) electrons. The van der Waals surface area contributed by atoms with E-state index in [1.807, 2.05) is 0 Å². The van der Waals surface area contributed by atoms with Crippen LogP contribution >= 0.6 is 0 Å². The minimum absolute atomic E-state index is 0. The van der Waals surface area contributed by atoms with Crippen LogP contribution in [0.1, 0.15) is 8.42 Å². The molecule has 0 heterocycles. The Balaban J connectivity index is -0.00000121. The summed E-state index contributed by atoms with van der Waals surface area (Å²) < 4.78 is 60.3. The Bertz CT molecular complexity index is 919. The Morgan fingerprint density at radius 1 is 1.04 bits per heavy atom. The van der Waals surface area contributed by atoms with E-state index < -0.39 is 20.8 Å². The number of rotatable bonds is 4. The van der Waals surface area contributed by atoms with Crippen molar-refractivity contribution < 1.29 is 96.3 Å². The van der Waals surface area contributed by atoms with Crippen LogP contribution in [-0.2, 0) is 24.4 Å². The molecule has 0 saturated carbocycles. The van der Waals surface area contributed by atoms with Gasteiger partial charge in [0.1, 0.15) is 5.75 Å². The van der Waals surface area contributed by atoms with E-state index in [9.17, 15) is 21.9 Å². The molecule has 118 valence electrons. The van der Waals surface area contributed by atoms with Gasteiger partial charge in [-0.05, 0) is 18.6 Å². The molecule has 0 bridgehead atoms. The van der Waals surface area contributed by atoms with E-state index in [-0.39, 0.29) is 84.4 Å². The number of aryl methyl sites for hydroxylation is 1. The second-order valence-electron chi connectivity index (χ2n) is 4.07. The molecule has 2 N–H and O–H groups in total. The molecule has 0 amide bonds. The van der Waals surface area contributed by atoms with Gasteiger partial charge in [0, 0.05) is 10.8 Å². The Hall–Kier alpha value is 0.120. The van der Waals surface area contributed by atoms with E-state index in [0.717, 1.165) is 0 Å². The van der Waals surface area contributed by atoms with E-state index in [2.05, 4.69) is 7.81 Å². The number of fused-ring (bicyclic) bond motifs is 1. The van der Waals surface area contributed by atoms with Crippen LogP contribution in [0.4, 0.5) is 0 Å². The van der Waals surface area contributed by atoms with Gasteiger partial charge in [0.2, 0.25) is 0 Å².